The van der Waals surface area contributed by atoms with Gasteiger partial charge >= 0.3 is 0 Å². The van der Waals surface area contributed by atoms with Gasteiger partial charge in [-0.3, -0.25) is 9.88 Å². The first-order chi connectivity index (χ1) is 17.6. The second-order valence-corrected chi connectivity index (χ2v) is 10.6. The molecule has 0 aromatic carbocycles. The highest BCUT2D eigenvalue weighted by Crippen LogP contribution is 2.33. The van der Waals surface area contributed by atoms with E-state index in [4.69, 9.17) is 14.7 Å². The molecule has 0 saturated carbocycles. The number of likely N-dealkylation sites (tertiary alicyclic amines) is 1. The summed E-state index contributed by atoms with van der Waals surface area (Å²) in [5, 5.41) is 4.26. The number of anilines is 2. The van der Waals surface area contributed by atoms with E-state index in [1.807, 2.05) is 37.4 Å². The minimum Gasteiger partial charge on any atom is -0.381 e. The smallest absolute Gasteiger partial charge is 0.143 e. The van der Waals surface area contributed by atoms with Gasteiger partial charge in [-0.15, -0.1) is 11.3 Å². The van der Waals surface area contributed by atoms with Gasteiger partial charge in [0.05, 0.1) is 15.9 Å². The first kappa shape index (κ1) is 23.4. The highest BCUT2D eigenvalue weighted by atomic mass is 32.1. The maximum atomic E-state index is 13.9. The van der Waals surface area contributed by atoms with E-state index >= 15 is 0 Å². The van der Waals surface area contributed by atoms with Crippen molar-refractivity contribution >= 4 is 33.2 Å². The number of aromatic nitrogens is 4. The third-order valence-corrected chi connectivity index (χ3v) is 8.01. The van der Waals surface area contributed by atoms with E-state index in [9.17, 15) is 4.39 Å². The van der Waals surface area contributed by atoms with Crippen LogP contribution in [-0.2, 0) is 11.3 Å². The predicted molar refractivity (Wildman–Crippen MR) is 140 cm³/mol. The molecule has 6 rings (SSSR count). The third kappa shape index (κ3) is 4.96. The van der Waals surface area contributed by atoms with E-state index in [1.165, 1.54) is 5.56 Å². The number of fused-ring (bicyclic) bond motifs is 1. The maximum Gasteiger partial charge on any atom is 0.143 e. The van der Waals surface area contributed by atoms with Crippen LogP contribution in [0, 0.1) is 6.92 Å². The van der Waals surface area contributed by atoms with E-state index in [2.05, 4.69) is 26.3 Å². The van der Waals surface area contributed by atoms with Gasteiger partial charge in [-0.2, -0.15) is 0 Å². The van der Waals surface area contributed by atoms with E-state index < -0.39 is 6.17 Å². The second-order valence-electron chi connectivity index (χ2n) is 9.59. The van der Waals surface area contributed by atoms with Gasteiger partial charge in [-0.25, -0.2) is 19.3 Å². The number of alkyl halides is 1. The van der Waals surface area contributed by atoms with E-state index in [0.717, 1.165) is 70.6 Å². The van der Waals surface area contributed by atoms with Gasteiger partial charge in [-0.1, -0.05) is 12.1 Å². The molecule has 186 valence electrons. The Morgan fingerprint density at radius 3 is 2.81 bits per heavy atom. The topological polar surface area (TPSA) is 76.1 Å². The number of rotatable bonds is 6. The molecule has 0 unspecified atom stereocenters. The van der Waals surface area contributed by atoms with Crippen LogP contribution in [0.15, 0.2) is 42.7 Å². The van der Waals surface area contributed by atoms with Crippen LogP contribution < -0.4 is 5.32 Å². The van der Waals surface area contributed by atoms with Crippen molar-refractivity contribution in [3.8, 4) is 10.7 Å². The highest BCUT2D eigenvalue weighted by molar-refractivity contribution is 7.21. The van der Waals surface area contributed by atoms with Crippen LogP contribution >= 0.6 is 11.3 Å². The molecule has 36 heavy (non-hydrogen) atoms. The van der Waals surface area contributed by atoms with Gasteiger partial charge in [-0.05, 0) is 55.4 Å². The summed E-state index contributed by atoms with van der Waals surface area (Å²) in [6, 6.07) is 10.1. The van der Waals surface area contributed by atoms with Gasteiger partial charge in [0.25, 0.3) is 0 Å². The first-order valence-electron chi connectivity index (χ1n) is 12.5. The lowest BCUT2D eigenvalue weighted by Crippen LogP contribution is -2.24. The Morgan fingerprint density at radius 1 is 1.11 bits per heavy atom. The molecular formula is C27H29FN6OS. The van der Waals surface area contributed by atoms with E-state index in [-0.39, 0.29) is 0 Å². The van der Waals surface area contributed by atoms with E-state index in [0.29, 0.717) is 31.2 Å². The van der Waals surface area contributed by atoms with Crippen LogP contribution in [0.5, 0.6) is 0 Å². The van der Waals surface area contributed by atoms with Crippen molar-refractivity contribution in [2.45, 2.75) is 44.8 Å². The standard InChI is InChI=1S/C27H29FN6OS/c1-17-3-2-9-29-26(17)27-32-21-13-25(30-14-23(21)36-27)33-24-5-4-20(18-7-11-35-12-8-18)22(31-24)16-34-10-6-19(28)15-34/h2-5,9,13-14,18-19H,6-8,10-12,15-16H2,1H3,(H,30,31,33)/t19-/m0/s1. The molecule has 4 aromatic heterocycles. The number of halogens is 1. The number of hydrogen-bond acceptors (Lipinski definition) is 8. The summed E-state index contributed by atoms with van der Waals surface area (Å²) in [5.74, 6) is 1.86. The van der Waals surface area contributed by atoms with Crippen LogP contribution in [0.1, 0.15) is 42.0 Å². The molecule has 2 fully saturated rings. The summed E-state index contributed by atoms with van der Waals surface area (Å²) in [4.78, 5) is 21.1. The molecule has 0 spiro atoms. The lowest BCUT2D eigenvalue weighted by Gasteiger charge is -2.26. The Hall–Kier alpha value is -3.01. The Bertz CT molecular complexity index is 1370. The molecule has 2 aliphatic rings. The zero-order chi connectivity index (χ0) is 24.5. The molecular weight excluding hydrogens is 475 g/mol. The van der Waals surface area contributed by atoms with Gasteiger partial charge in [0.15, 0.2) is 0 Å². The average Bonchev–Trinajstić information content (AvgIpc) is 3.50. The summed E-state index contributed by atoms with van der Waals surface area (Å²) in [6.07, 6.45) is 5.48. The number of pyridine rings is 3. The maximum absolute atomic E-state index is 13.9. The van der Waals surface area contributed by atoms with Gasteiger partial charge < -0.3 is 10.1 Å². The Labute approximate surface area is 213 Å². The molecule has 7 nitrogen and oxygen atoms in total. The summed E-state index contributed by atoms with van der Waals surface area (Å²) in [5.41, 5.74) is 5.15. The SMILES string of the molecule is Cc1cccnc1-c1nc2cc(Nc3ccc(C4CCOCC4)c(CN4CC[C@H](F)C4)n3)ncc2s1. The van der Waals surface area contributed by atoms with Crippen molar-refractivity contribution in [2.75, 3.05) is 31.6 Å². The molecule has 0 aliphatic carbocycles. The molecule has 9 heteroatoms. The minimum absolute atomic E-state index is 0.428. The van der Waals surface area contributed by atoms with Crippen molar-refractivity contribution < 1.29 is 9.13 Å². The lowest BCUT2D eigenvalue weighted by atomic mass is 9.90. The molecule has 2 saturated heterocycles. The normalized spacial score (nSPS) is 19.2. The molecule has 0 bridgehead atoms. The molecule has 0 radical (unpaired) electrons. The summed E-state index contributed by atoms with van der Waals surface area (Å²) in [7, 11) is 0. The largest absolute Gasteiger partial charge is 0.381 e. The van der Waals surface area contributed by atoms with Gasteiger partial charge in [0.2, 0.25) is 0 Å². The number of aryl methyl sites for hydroxylation is 1. The van der Waals surface area contributed by atoms with Crippen molar-refractivity contribution in [1.82, 2.24) is 24.8 Å². The number of hydrogen-bond donors (Lipinski definition) is 1. The number of nitrogens with zero attached hydrogens (tertiary/aromatic N) is 5. The first-order valence-corrected chi connectivity index (χ1v) is 13.3. The summed E-state index contributed by atoms with van der Waals surface area (Å²) >= 11 is 1.59. The molecule has 4 aromatic rings. The lowest BCUT2D eigenvalue weighted by molar-refractivity contribution is 0.0849. The van der Waals surface area contributed by atoms with Crippen molar-refractivity contribution in [3.05, 3.63) is 59.5 Å². The molecule has 2 aliphatic heterocycles. The van der Waals surface area contributed by atoms with Crippen LogP contribution in [0.4, 0.5) is 16.0 Å². The van der Waals surface area contributed by atoms with Crippen molar-refractivity contribution in [2.24, 2.45) is 0 Å². The highest BCUT2D eigenvalue weighted by Gasteiger charge is 2.26. The number of ether oxygens (including phenoxy) is 1. The second kappa shape index (κ2) is 10.2. The zero-order valence-electron chi connectivity index (χ0n) is 20.3. The van der Waals surface area contributed by atoms with E-state index in [1.54, 1.807) is 17.5 Å². The Morgan fingerprint density at radius 2 is 2.00 bits per heavy atom. The van der Waals surface area contributed by atoms with Gasteiger partial charge in [0, 0.05) is 51.3 Å². The quantitative estimate of drug-likeness (QED) is 0.364. The summed E-state index contributed by atoms with van der Waals surface area (Å²) in [6.45, 7) is 5.51. The monoisotopic (exact) mass is 504 g/mol. The van der Waals surface area contributed by atoms with Crippen LogP contribution in [-0.4, -0.2) is 57.3 Å². The zero-order valence-corrected chi connectivity index (χ0v) is 21.1. The van der Waals surface area contributed by atoms with Gasteiger partial charge in [0.1, 0.15) is 28.5 Å². The third-order valence-electron chi connectivity index (χ3n) is 7.00. The summed E-state index contributed by atoms with van der Waals surface area (Å²) < 4.78 is 20.4. The van der Waals surface area contributed by atoms with Crippen LogP contribution in [0.25, 0.3) is 20.9 Å². The number of thiazole rings is 1. The van der Waals surface area contributed by atoms with Crippen LogP contribution in [0.2, 0.25) is 0 Å². The Balaban J connectivity index is 1.27. The fourth-order valence-corrected chi connectivity index (χ4v) is 6.05. The average molecular weight is 505 g/mol. The molecule has 1 N–H and O–H groups in total. The fourth-order valence-electron chi connectivity index (χ4n) is 5.07. The molecule has 0 amide bonds. The molecule has 1 atom stereocenters. The number of nitrogens with one attached hydrogen (secondary N) is 1. The Kier molecular flexibility index (Phi) is 6.60. The van der Waals surface area contributed by atoms with Crippen LogP contribution in [0.3, 0.4) is 0 Å². The van der Waals surface area contributed by atoms with Crippen molar-refractivity contribution in [3.63, 3.8) is 0 Å². The fraction of sp³-hybridized carbons (Fsp3) is 0.407. The predicted octanol–water partition coefficient (Wildman–Crippen LogP) is 5.64. The van der Waals surface area contributed by atoms with Crippen molar-refractivity contribution in [1.29, 1.82) is 0 Å². The minimum atomic E-state index is -0.744. The molecule has 6 heterocycles.